The van der Waals surface area contributed by atoms with Crippen LogP contribution < -0.4 is 22.0 Å². The van der Waals surface area contributed by atoms with Crippen molar-refractivity contribution in [3.05, 3.63) is 70.7 Å². The highest BCUT2D eigenvalue weighted by Crippen LogP contribution is 2.26. The van der Waals surface area contributed by atoms with Crippen molar-refractivity contribution in [1.29, 1.82) is 0 Å². The van der Waals surface area contributed by atoms with E-state index in [1.165, 1.54) is 0 Å². The first kappa shape index (κ1) is 12.6. The van der Waals surface area contributed by atoms with E-state index in [-0.39, 0.29) is 12.4 Å². The molecule has 2 aromatic carbocycles. The molecule has 18 heavy (non-hydrogen) atoms. The summed E-state index contributed by atoms with van der Waals surface area (Å²) in [6.45, 7) is 0. The lowest BCUT2D eigenvalue weighted by molar-refractivity contribution is 0.603. The normalized spacial score (nSPS) is 20.8. The first-order chi connectivity index (χ1) is 8.22. The van der Waals surface area contributed by atoms with Gasteiger partial charge in [0.25, 0.3) is 0 Å². The lowest BCUT2D eigenvalue weighted by atomic mass is 9.98. The largest absolute Gasteiger partial charge is 0.398 e. The molecule has 0 spiro atoms. The van der Waals surface area contributed by atoms with Crippen LogP contribution in [0.1, 0.15) is 5.56 Å². The van der Waals surface area contributed by atoms with Crippen LogP contribution in [-0.4, -0.2) is 0 Å². The molecule has 0 amide bonds. The molecule has 0 radical (unpaired) electrons. The Bertz CT molecular complexity index is 682. The highest BCUT2D eigenvalue weighted by molar-refractivity contribution is 5.85. The lowest BCUT2D eigenvalue weighted by Crippen LogP contribution is -2.39. The van der Waals surface area contributed by atoms with Gasteiger partial charge in [0, 0.05) is 5.22 Å². The molecule has 4 heteroatoms. The van der Waals surface area contributed by atoms with Gasteiger partial charge in [0.05, 0.1) is 11.1 Å². The number of halogens is 1. The minimum Gasteiger partial charge on any atom is -0.398 e. The lowest BCUT2D eigenvalue weighted by Gasteiger charge is -2.23. The molecule has 4 N–H and O–H groups in total. The first-order valence-corrected chi connectivity index (χ1v) is 5.51. The van der Waals surface area contributed by atoms with Gasteiger partial charge in [-0.3, -0.25) is 10.7 Å². The Balaban J connectivity index is 0.00000120. The van der Waals surface area contributed by atoms with E-state index in [0.717, 1.165) is 16.1 Å². The Morgan fingerprint density at radius 2 is 1.50 bits per heavy atom. The average molecular weight is 260 g/mol. The zero-order chi connectivity index (χ0) is 11.9. The third-order valence-corrected chi connectivity index (χ3v) is 3.12. The molecule has 1 heterocycles. The van der Waals surface area contributed by atoms with Gasteiger partial charge in [-0.1, -0.05) is 48.5 Å². The summed E-state index contributed by atoms with van der Waals surface area (Å²) in [5.74, 6) is 0. The zero-order valence-corrected chi connectivity index (χ0v) is 10.5. The van der Waals surface area contributed by atoms with Gasteiger partial charge in [0.2, 0.25) is 0 Å². The van der Waals surface area contributed by atoms with Crippen LogP contribution in [0.3, 0.4) is 0 Å². The summed E-state index contributed by atoms with van der Waals surface area (Å²) in [6, 6.07) is 17.5. The summed E-state index contributed by atoms with van der Waals surface area (Å²) < 4.78 is 0. The first-order valence-electron chi connectivity index (χ1n) is 5.51. The third kappa shape index (κ3) is 1.68. The van der Waals surface area contributed by atoms with Crippen LogP contribution in [0.25, 0.3) is 5.70 Å². The van der Waals surface area contributed by atoms with Crippen LogP contribution in [-0.2, 0) is 5.66 Å². The van der Waals surface area contributed by atoms with Gasteiger partial charge in [-0.2, -0.15) is 0 Å². The van der Waals surface area contributed by atoms with Gasteiger partial charge in [-0.05, 0) is 11.6 Å². The molecular weight excluding hydrogens is 246 g/mol. The molecular formula is C14H14ClN3. The summed E-state index contributed by atoms with van der Waals surface area (Å²) in [6.07, 6.45) is 0. The summed E-state index contributed by atoms with van der Waals surface area (Å²) in [5, 5.41) is 1.79. The van der Waals surface area contributed by atoms with Gasteiger partial charge in [0.1, 0.15) is 0 Å². The molecule has 3 rings (SSSR count). The van der Waals surface area contributed by atoms with Gasteiger partial charge in [-0.25, -0.2) is 0 Å². The smallest absolute Gasteiger partial charge is 0.175 e. The average Bonchev–Trinajstić information content (AvgIpc) is 2.65. The minimum absolute atomic E-state index is 0. The second kappa shape index (κ2) is 4.44. The Labute approximate surface area is 111 Å². The van der Waals surface area contributed by atoms with E-state index in [4.69, 9.17) is 11.5 Å². The molecule has 0 saturated carbocycles. The highest BCUT2D eigenvalue weighted by Gasteiger charge is 2.33. The maximum Gasteiger partial charge on any atom is 0.175 e. The van der Waals surface area contributed by atoms with Gasteiger partial charge >= 0.3 is 0 Å². The number of rotatable bonds is 1. The van der Waals surface area contributed by atoms with Crippen molar-refractivity contribution in [2.75, 3.05) is 0 Å². The fourth-order valence-corrected chi connectivity index (χ4v) is 2.17. The predicted octanol–water partition coefficient (Wildman–Crippen LogP) is 0.620. The Hall–Kier alpha value is -1.84. The third-order valence-electron chi connectivity index (χ3n) is 3.12. The number of fused-ring (bicyclic) bond motifs is 1. The van der Waals surface area contributed by atoms with E-state index < -0.39 is 5.66 Å². The number of nitrogens with zero attached hydrogens (tertiary/aromatic N) is 1. The number of hydrogen-bond acceptors (Lipinski definition) is 3. The van der Waals surface area contributed by atoms with Crippen molar-refractivity contribution >= 4 is 18.1 Å². The van der Waals surface area contributed by atoms with Crippen molar-refractivity contribution in [3.63, 3.8) is 0 Å². The standard InChI is InChI=1S/C14H13N3.ClH/c15-13-11-8-4-5-9-12(11)17-14(13,16)10-6-2-1-3-7-10;/h1-9H,15-16H2;1H. The van der Waals surface area contributed by atoms with Gasteiger partial charge in [-0.15, -0.1) is 12.4 Å². The second-order valence-electron chi connectivity index (χ2n) is 4.18. The molecule has 1 atom stereocenters. The van der Waals surface area contributed by atoms with E-state index in [9.17, 15) is 0 Å². The number of nitrogens with two attached hydrogens (primary N) is 2. The molecule has 1 aliphatic heterocycles. The molecule has 0 bridgehead atoms. The number of para-hydroxylation sites is 1. The topological polar surface area (TPSA) is 64.4 Å². The van der Waals surface area contributed by atoms with E-state index in [1.54, 1.807) is 0 Å². The molecule has 2 aromatic rings. The molecule has 0 saturated heterocycles. The summed E-state index contributed by atoms with van der Waals surface area (Å²) in [4.78, 5) is 4.55. The van der Waals surface area contributed by atoms with Crippen LogP contribution in [0.15, 0.2) is 59.6 Å². The summed E-state index contributed by atoms with van der Waals surface area (Å²) in [5.41, 5.74) is 13.1. The number of hydrogen-bond donors (Lipinski definition) is 2. The van der Waals surface area contributed by atoms with Crippen LogP contribution in [0.5, 0.6) is 0 Å². The zero-order valence-electron chi connectivity index (χ0n) is 9.71. The van der Waals surface area contributed by atoms with Crippen LogP contribution >= 0.6 is 12.4 Å². The quantitative estimate of drug-likeness (QED) is 0.789. The Morgan fingerprint density at radius 3 is 2.17 bits per heavy atom. The van der Waals surface area contributed by atoms with Crippen molar-refractivity contribution in [3.8, 4) is 0 Å². The van der Waals surface area contributed by atoms with E-state index >= 15 is 0 Å². The molecule has 0 aliphatic carbocycles. The van der Waals surface area contributed by atoms with Crippen molar-refractivity contribution in [2.24, 2.45) is 16.5 Å². The van der Waals surface area contributed by atoms with Crippen LogP contribution in [0.2, 0.25) is 0 Å². The monoisotopic (exact) mass is 259 g/mol. The Morgan fingerprint density at radius 1 is 0.889 bits per heavy atom. The molecule has 1 unspecified atom stereocenters. The minimum atomic E-state index is -0.926. The fraction of sp³-hybridized carbons (Fsp3) is 0.0714. The Kier molecular flexibility index (Phi) is 3.11. The van der Waals surface area contributed by atoms with E-state index in [0.29, 0.717) is 5.70 Å². The predicted molar refractivity (Wildman–Crippen MR) is 74.4 cm³/mol. The SMILES string of the molecule is Cl.NC1=c2ccccc2=NC1(N)c1ccccc1. The molecule has 3 nitrogen and oxygen atoms in total. The van der Waals surface area contributed by atoms with Crippen LogP contribution in [0, 0.1) is 0 Å². The molecule has 0 aromatic heterocycles. The maximum atomic E-state index is 6.35. The van der Waals surface area contributed by atoms with Crippen molar-refractivity contribution < 1.29 is 0 Å². The summed E-state index contributed by atoms with van der Waals surface area (Å²) in [7, 11) is 0. The van der Waals surface area contributed by atoms with Gasteiger partial charge in [0.15, 0.2) is 5.66 Å². The number of benzene rings is 2. The van der Waals surface area contributed by atoms with Gasteiger partial charge < -0.3 is 5.73 Å². The molecule has 1 aliphatic rings. The maximum absolute atomic E-state index is 6.35. The van der Waals surface area contributed by atoms with Crippen LogP contribution in [0.4, 0.5) is 0 Å². The van der Waals surface area contributed by atoms with Crippen molar-refractivity contribution in [2.45, 2.75) is 5.66 Å². The van der Waals surface area contributed by atoms with E-state index in [1.807, 2.05) is 54.6 Å². The molecule has 0 fully saturated rings. The fourth-order valence-electron chi connectivity index (χ4n) is 2.17. The summed E-state index contributed by atoms with van der Waals surface area (Å²) >= 11 is 0. The second-order valence-corrected chi connectivity index (χ2v) is 4.18. The molecule has 92 valence electrons. The van der Waals surface area contributed by atoms with Crippen molar-refractivity contribution in [1.82, 2.24) is 0 Å². The highest BCUT2D eigenvalue weighted by atomic mass is 35.5. The van der Waals surface area contributed by atoms with E-state index in [2.05, 4.69) is 4.99 Å².